The van der Waals surface area contributed by atoms with Crippen molar-refractivity contribution in [2.45, 2.75) is 33.6 Å². The summed E-state index contributed by atoms with van der Waals surface area (Å²) in [6.07, 6.45) is 3.25. The van der Waals surface area contributed by atoms with Crippen LogP contribution in [0.15, 0.2) is 6.33 Å². The highest BCUT2D eigenvalue weighted by Gasteiger charge is 2.28. The van der Waals surface area contributed by atoms with E-state index in [-0.39, 0.29) is 11.8 Å². The number of carbonyl (C=O) groups excluding carboxylic acids is 1. The molecule has 23 heavy (non-hydrogen) atoms. The van der Waals surface area contributed by atoms with E-state index in [1.165, 1.54) is 6.33 Å². The van der Waals surface area contributed by atoms with Crippen molar-refractivity contribution in [1.82, 2.24) is 15.0 Å². The third-order valence-corrected chi connectivity index (χ3v) is 4.15. The third kappa shape index (κ3) is 4.94. The molecule has 0 amide bonds. The number of carbonyl (C=O) groups is 1. The molecule has 0 radical (unpaired) electrons. The molecule has 0 bridgehead atoms. The van der Waals surface area contributed by atoms with Crippen LogP contribution in [-0.4, -0.2) is 40.6 Å². The van der Waals surface area contributed by atoms with Crippen molar-refractivity contribution in [3.63, 3.8) is 0 Å². The van der Waals surface area contributed by atoms with Crippen LogP contribution in [-0.2, 0) is 9.63 Å². The number of rotatable bonds is 4. The van der Waals surface area contributed by atoms with Crippen molar-refractivity contribution in [3.8, 4) is 0 Å². The van der Waals surface area contributed by atoms with Crippen molar-refractivity contribution in [1.29, 1.82) is 0 Å². The number of nitrogen functional groups attached to an aromatic ring is 1. The molecule has 128 valence electrons. The summed E-state index contributed by atoms with van der Waals surface area (Å²) < 4.78 is 0. The van der Waals surface area contributed by atoms with Crippen LogP contribution in [0, 0.1) is 11.3 Å². The van der Waals surface area contributed by atoms with E-state index < -0.39 is 5.41 Å². The molecule has 1 saturated heterocycles. The van der Waals surface area contributed by atoms with E-state index in [9.17, 15) is 4.79 Å². The summed E-state index contributed by atoms with van der Waals surface area (Å²) in [5.41, 5.74) is 5.17. The first-order valence-corrected chi connectivity index (χ1v) is 8.12. The monoisotopic (exact) mass is 341 g/mol. The summed E-state index contributed by atoms with van der Waals surface area (Å²) in [5, 5.41) is 5.31. The van der Waals surface area contributed by atoms with Gasteiger partial charge in [-0.3, -0.25) is 0 Å². The first-order valence-electron chi connectivity index (χ1n) is 7.74. The Morgan fingerprint density at radius 2 is 2.09 bits per heavy atom. The summed E-state index contributed by atoms with van der Waals surface area (Å²) in [4.78, 5) is 25.2. The van der Waals surface area contributed by atoms with Crippen LogP contribution in [0.1, 0.15) is 33.6 Å². The number of anilines is 2. The number of hydroxylamine groups is 2. The molecule has 0 spiro atoms. The normalized spacial score (nSPS) is 17.0. The molecule has 0 unspecified atom stereocenters. The molecule has 1 aromatic rings. The van der Waals surface area contributed by atoms with E-state index >= 15 is 0 Å². The van der Waals surface area contributed by atoms with Gasteiger partial charge in [0.05, 0.1) is 5.41 Å². The topological polar surface area (TPSA) is 93.4 Å². The van der Waals surface area contributed by atoms with Gasteiger partial charge in [-0.25, -0.2) is 14.8 Å². The zero-order chi connectivity index (χ0) is 17.0. The lowest BCUT2D eigenvalue weighted by molar-refractivity contribution is -0.205. The lowest BCUT2D eigenvalue weighted by atomic mass is 9.97. The molecule has 0 aromatic carbocycles. The van der Waals surface area contributed by atoms with E-state index in [0.29, 0.717) is 16.8 Å². The van der Waals surface area contributed by atoms with Crippen LogP contribution in [0.3, 0.4) is 0 Å². The van der Waals surface area contributed by atoms with Crippen LogP contribution >= 0.6 is 11.6 Å². The number of aromatic nitrogens is 2. The van der Waals surface area contributed by atoms with Crippen LogP contribution < -0.4 is 11.1 Å². The number of halogens is 1. The van der Waals surface area contributed by atoms with Crippen LogP contribution in [0.4, 0.5) is 11.6 Å². The average Bonchev–Trinajstić information content (AvgIpc) is 2.49. The Morgan fingerprint density at radius 3 is 2.70 bits per heavy atom. The van der Waals surface area contributed by atoms with Gasteiger partial charge in [0.15, 0.2) is 0 Å². The minimum absolute atomic E-state index is 0.197. The van der Waals surface area contributed by atoms with Crippen LogP contribution in [0.5, 0.6) is 0 Å². The van der Waals surface area contributed by atoms with Crippen LogP contribution in [0.25, 0.3) is 0 Å². The minimum atomic E-state index is -0.484. The molecule has 1 aromatic heterocycles. The van der Waals surface area contributed by atoms with E-state index in [2.05, 4.69) is 15.3 Å². The number of nitrogens with two attached hydrogens (primary N) is 1. The molecule has 8 heteroatoms. The lowest BCUT2D eigenvalue weighted by Crippen LogP contribution is -2.40. The van der Waals surface area contributed by atoms with E-state index in [1.807, 2.05) is 20.8 Å². The molecule has 1 aliphatic heterocycles. The zero-order valence-electron chi connectivity index (χ0n) is 13.8. The second kappa shape index (κ2) is 7.31. The van der Waals surface area contributed by atoms with Crippen molar-refractivity contribution >= 4 is 29.2 Å². The molecule has 1 aliphatic rings. The highest BCUT2D eigenvalue weighted by molar-refractivity contribution is 6.35. The van der Waals surface area contributed by atoms with Crippen molar-refractivity contribution in [3.05, 3.63) is 11.3 Å². The molecular weight excluding hydrogens is 318 g/mol. The largest absolute Gasteiger partial charge is 0.382 e. The summed E-state index contributed by atoms with van der Waals surface area (Å²) in [6.45, 7) is 7.76. The van der Waals surface area contributed by atoms with Gasteiger partial charge in [0.2, 0.25) is 0 Å². The maximum Gasteiger partial charge on any atom is 0.330 e. The van der Waals surface area contributed by atoms with Gasteiger partial charge >= 0.3 is 5.97 Å². The highest BCUT2D eigenvalue weighted by Crippen LogP contribution is 2.25. The number of hydrogen-bond donors (Lipinski definition) is 2. The number of nitrogens with one attached hydrogen (secondary N) is 1. The quantitative estimate of drug-likeness (QED) is 0.868. The zero-order valence-corrected chi connectivity index (χ0v) is 14.6. The molecule has 0 aliphatic carbocycles. The maximum atomic E-state index is 11.9. The van der Waals surface area contributed by atoms with Gasteiger partial charge < -0.3 is 15.9 Å². The highest BCUT2D eigenvalue weighted by atomic mass is 35.5. The molecule has 3 N–H and O–H groups in total. The Kier molecular flexibility index (Phi) is 5.64. The van der Waals surface area contributed by atoms with Crippen LogP contribution in [0.2, 0.25) is 5.02 Å². The Balaban J connectivity index is 1.77. The summed E-state index contributed by atoms with van der Waals surface area (Å²) in [6, 6.07) is 0. The SMILES string of the molecule is CC(C)(C)C(=O)ON1CCC(CNc2ncnc(N)c2Cl)CC1. The summed E-state index contributed by atoms with van der Waals surface area (Å²) in [5.74, 6) is 1.10. The maximum absolute atomic E-state index is 11.9. The number of piperidine rings is 1. The van der Waals surface area contributed by atoms with Gasteiger partial charge in [0.1, 0.15) is 23.0 Å². The molecular formula is C15H24ClN5O2. The number of hydrogen-bond acceptors (Lipinski definition) is 7. The Morgan fingerprint density at radius 1 is 1.43 bits per heavy atom. The average molecular weight is 342 g/mol. The first-order chi connectivity index (χ1) is 10.8. The second-order valence-electron chi connectivity index (χ2n) is 6.80. The molecule has 0 saturated carbocycles. The fourth-order valence-electron chi connectivity index (χ4n) is 2.21. The fourth-order valence-corrected chi connectivity index (χ4v) is 2.37. The molecule has 2 rings (SSSR count). The number of nitrogens with zero attached hydrogens (tertiary/aromatic N) is 3. The van der Waals surface area contributed by atoms with Gasteiger partial charge in [-0.05, 0) is 39.5 Å². The Labute approximate surface area is 141 Å². The summed E-state index contributed by atoms with van der Waals surface area (Å²) >= 11 is 6.06. The van der Waals surface area contributed by atoms with E-state index in [0.717, 1.165) is 32.5 Å². The third-order valence-electron chi connectivity index (χ3n) is 3.77. The van der Waals surface area contributed by atoms with Gasteiger partial charge in [-0.15, -0.1) is 5.06 Å². The fraction of sp³-hybridized carbons (Fsp3) is 0.667. The van der Waals surface area contributed by atoms with E-state index in [4.69, 9.17) is 22.2 Å². The molecule has 7 nitrogen and oxygen atoms in total. The van der Waals surface area contributed by atoms with Crippen molar-refractivity contribution in [2.24, 2.45) is 11.3 Å². The van der Waals surface area contributed by atoms with Crippen molar-refractivity contribution in [2.75, 3.05) is 30.7 Å². The molecule has 0 atom stereocenters. The van der Waals surface area contributed by atoms with Gasteiger partial charge in [-0.1, -0.05) is 11.6 Å². The summed E-state index contributed by atoms with van der Waals surface area (Å²) in [7, 11) is 0. The minimum Gasteiger partial charge on any atom is -0.382 e. The van der Waals surface area contributed by atoms with Gasteiger partial charge in [0, 0.05) is 19.6 Å². The Bertz CT molecular complexity index is 553. The molecule has 1 fully saturated rings. The van der Waals surface area contributed by atoms with Crippen molar-refractivity contribution < 1.29 is 9.63 Å². The Hall–Kier alpha value is -1.60. The smallest absolute Gasteiger partial charge is 0.330 e. The first kappa shape index (κ1) is 17.7. The lowest BCUT2D eigenvalue weighted by Gasteiger charge is -2.32. The predicted molar refractivity (Wildman–Crippen MR) is 89.8 cm³/mol. The second-order valence-corrected chi connectivity index (χ2v) is 7.18. The van der Waals surface area contributed by atoms with Gasteiger partial charge in [0.25, 0.3) is 0 Å². The van der Waals surface area contributed by atoms with E-state index in [1.54, 1.807) is 5.06 Å². The predicted octanol–water partition coefficient (Wildman–Crippen LogP) is 2.34. The molecule has 2 heterocycles. The standard InChI is InChI=1S/C15H24ClN5O2/c1-15(2,3)14(22)23-21-6-4-10(5-7-21)8-18-13-11(16)12(17)19-9-20-13/h9-10H,4-8H2,1-3H3,(H3,17,18,19,20). The van der Waals surface area contributed by atoms with Gasteiger partial charge in [-0.2, -0.15) is 0 Å².